The number of fused-ring (bicyclic) bond motifs is 1. The quantitative estimate of drug-likeness (QED) is 0.789. The fourth-order valence-electron chi connectivity index (χ4n) is 2.30. The number of carbonyl (C=O) groups is 1. The molecule has 6 heteroatoms. The van der Waals surface area contributed by atoms with E-state index in [2.05, 4.69) is 10.3 Å². The summed E-state index contributed by atoms with van der Waals surface area (Å²) in [5.74, 6) is -0.250. The first-order valence-corrected chi connectivity index (χ1v) is 6.51. The summed E-state index contributed by atoms with van der Waals surface area (Å²) in [5, 5.41) is 2.74. The Bertz CT molecular complexity index is 849. The van der Waals surface area contributed by atoms with Gasteiger partial charge in [-0.15, -0.1) is 0 Å². The molecule has 0 fully saturated rings. The maximum atomic E-state index is 12.2. The summed E-state index contributed by atoms with van der Waals surface area (Å²) in [4.78, 5) is 28.2. The minimum absolute atomic E-state index is 0.0253. The Morgan fingerprint density at radius 1 is 1.14 bits per heavy atom. The molecule has 0 unspecified atom stereocenters. The number of pyridine rings is 1. The van der Waals surface area contributed by atoms with Gasteiger partial charge < -0.3 is 5.32 Å². The van der Waals surface area contributed by atoms with Gasteiger partial charge in [-0.3, -0.25) is 18.9 Å². The van der Waals surface area contributed by atoms with Gasteiger partial charge in [-0.25, -0.2) is 4.79 Å². The predicted molar refractivity (Wildman–Crippen MR) is 80.0 cm³/mol. The molecule has 1 aromatic carbocycles. The van der Waals surface area contributed by atoms with Gasteiger partial charge in [0, 0.05) is 25.1 Å². The van der Waals surface area contributed by atoms with E-state index in [-0.39, 0.29) is 18.1 Å². The standard InChI is InChI=1S/C15H14N4O2/c1-18-12-4-2-3-5-13(12)19(15(18)21)10-14(20)17-11-6-8-16-9-7-11/h2-9H,10H2,1H3,(H,16,17,20). The molecule has 0 bridgehead atoms. The van der Waals surface area contributed by atoms with Gasteiger partial charge in [-0.1, -0.05) is 12.1 Å². The van der Waals surface area contributed by atoms with E-state index in [1.165, 1.54) is 9.13 Å². The number of hydrogen-bond donors (Lipinski definition) is 1. The van der Waals surface area contributed by atoms with Crippen molar-refractivity contribution in [3.05, 3.63) is 59.3 Å². The van der Waals surface area contributed by atoms with Gasteiger partial charge in [-0.05, 0) is 24.3 Å². The summed E-state index contributed by atoms with van der Waals surface area (Å²) in [6.07, 6.45) is 3.19. The molecule has 106 valence electrons. The smallest absolute Gasteiger partial charge is 0.324 e. The van der Waals surface area contributed by atoms with Crippen LogP contribution >= 0.6 is 0 Å². The molecule has 3 aromatic rings. The average molecular weight is 282 g/mol. The van der Waals surface area contributed by atoms with Crippen molar-refractivity contribution in [1.82, 2.24) is 14.1 Å². The van der Waals surface area contributed by atoms with Gasteiger partial charge in [0.05, 0.1) is 11.0 Å². The maximum absolute atomic E-state index is 12.2. The number of nitrogens with one attached hydrogen (secondary N) is 1. The summed E-state index contributed by atoms with van der Waals surface area (Å²) >= 11 is 0. The van der Waals surface area contributed by atoms with E-state index in [4.69, 9.17) is 0 Å². The van der Waals surface area contributed by atoms with Crippen molar-refractivity contribution in [2.45, 2.75) is 6.54 Å². The molecule has 0 aliphatic rings. The van der Waals surface area contributed by atoms with Crippen LogP contribution in [0.4, 0.5) is 5.69 Å². The van der Waals surface area contributed by atoms with Gasteiger partial charge in [0.15, 0.2) is 0 Å². The molecule has 6 nitrogen and oxygen atoms in total. The topological polar surface area (TPSA) is 68.9 Å². The van der Waals surface area contributed by atoms with Crippen LogP contribution in [0.1, 0.15) is 0 Å². The van der Waals surface area contributed by atoms with E-state index in [0.717, 1.165) is 11.0 Å². The number of nitrogens with zero attached hydrogens (tertiary/aromatic N) is 3. The lowest BCUT2D eigenvalue weighted by molar-refractivity contribution is -0.116. The molecule has 0 aliphatic heterocycles. The van der Waals surface area contributed by atoms with E-state index >= 15 is 0 Å². The van der Waals surface area contributed by atoms with E-state index < -0.39 is 0 Å². The molecule has 2 heterocycles. The third-order valence-corrected chi connectivity index (χ3v) is 3.32. The lowest BCUT2D eigenvalue weighted by atomic mass is 10.3. The summed E-state index contributed by atoms with van der Waals surface area (Å²) in [7, 11) is 1.70. The molecule has 0 spiro atoms. The first kappa shape index (κ1) is 13.1. The van der Waals surface area contributed by atoms with Gasteiger partial charge in [0.25, 0.3) is 0 Å². The van der Waals surface area contributed by atoms with Crippen molar-refractivity contribution >= 4 is 22.6 Å². The lowest BCUT2D eigenvalue weighted by Crippen LogP contribution is -2.28. The van der Waals surface area contributed by atoms with Crippen LogP contribution in [0.5, 0.6) is 0 Å². The second kappa shape index (κ2) is 5.24. The number of aromatic nitrogens is 3. The zero-order chi connectivity index (χ0) is 14.8. The average Bonchev–Trinajstić information content (AvgIpc) is 2.74. The fraction of sp³-hybridized carbons (Fsp3) is 0.133. The van der Waals surface area contributed by atoms with Crippen molar-refractivity contribution in [3.63, 3.8) is 0 Å². The Balaban J connectivity index is 1.90. The van der Waals surface area contributed by atoms with Crippen LogP contribution in [0.15, 0.2) is 53.6 Å². The van der Waals surface area contributed by atoms with Gasteiger partial charge >= 0.3 is 5.69 Å². The van der Waals surface area contributed by atoms with E-state index in [1.807, 2.05) is 24.3 Å². The highest BCUT2D eigenvalue weighted by molar-refractivity contribution is 5.91. The van der Waals surface area contributed by atoms with E-state index in [1.54, 1.807) is 31.6 Å². The molecule has 21 heavy (non-hydrogen) atoms. The number of hydrogen-bond acceptors (Lipinski definition) is 3. The number of aryl methyl sites for hydroxylation is 1. The highest BCUT2D eigenvalue weighted by Gasteiger charge is 2.13. The Kier molecular flexibility index (Phi) is 3.27. The second-order valence-corrected chi connectivity index (χ2v) is 4.70. The molecule has 1 N–H and O–H groups in total. The van der Waals surface area contributed by atoms with E-state index in [0.29, 0.717) is 5.69 Å². The van der Waals surface area contributed by atoms with Gasteiger partial charge in [0.1, 0.15) is 6.54 Å². The third kappa shape index (κ3) is 2.43. The first-order valence-electron chi connectivity index (χ1n) is 6.51. The molecule has 0 radical (unpaired) electrons. The number of benzene rings is 1. The normalized spacial score (nSPS) is 10.7. The number of carbonyl (C=O) groups excluding carboxylic acids is 1. The molecule has 0 atom stereocenters. The largest absolute Gasteiger partial charge is 0.329 e. The molecule has 2 aromatic heterocycles. The van der Waals surface area contributed by atoms with Gasteiger partial charge in [0.2, 0.25) is 5.91 Å². The second-order valence-electron chi connectivity index (χ2n) is 4.70. The van der Waals surface area contributed by atoms with Crippen LogP contribution in [0.2, 0.25) is 0 Å². The van der Waals surface area contributed by atoms with Crippen molar-refractivity contribution in [1.29, 1.82) is 0 Å². The SMILES string of the molecule is Cn1c(=O)n(CC(=O)Nc2ccncc2)c2ccccc21. The third-order valence-electron chi connectivity index (χ3n) is 3.32. The zero-order valence-electron chi connectivity index (χ0n) is 11.5. The van der Waals surface area contributed by atoms with Crippen LogP contribution in [-0.2, 0) is 18.4 Å². The maximum Gasteiger partial charge on any atom is 0.329 e. The summed E-state index contributed by atoms with van der Waals surface area (Å²) in [5.41, 5.74) is 2.00. The molecule has 0 aliphatic carbocycles. The van der Waals surface area contributed by atoms with Crippen LogP contribution in [-0.4, -0.2) is 20.0 Å². The molecular formula is C15H14N4O2. The number of imidazole rings is 1. The fourth-order valence-corrected chi connectivity index (χ4v) is 2.30. The number of anilines is 1. The summed E-state index contributed by atoms with van der Waals surface area (Å²) in [6, 6.07) is 10.8. The molecular weight excluding hydrogens is 268 g/mol. The van der Waals surface area contributed by atoms with Crippen LogP contribution in [0, 0.1) is 0 Å². The lowest BCUT2D eigenvalue weighted by Gasteiger charge is -2.05. The highest BCUT2D eigenvalue weighted by Crippen LogP contribution is 2.11. The minimum Gasteiger partial charge on any atom is -0.324 e. The molecule has 3 rings (SSSR count). The van der Waals surface area contributed by atoms with Crippen molar-refractivity contribution in [3.8, 4) is 0 Å². The van der Waals surface area contributed by atoms with Gasteiger partial charge in [-0.2, -0.15) is 0 Å². The van der Waals surface area contributed by atoms with Crippen molar-refractivity contribution in [2.24, 2.45) is 7.05 Å². The number of para-hydroxylation sites is 2. The van der Waals surface area contributed by atoms with E-state index in [9.17, 15) is 9.59 Å². The molecule has 0 saturated carbocycles. The first-order chi connectivity index (χ1) is 10.2. The highest BCUT2D eigenvalue weighted by atomic mass is 16.2. The number of rotatable bonds is 3. The molecule has 1 amide bonds. The molecule has 0 saturated heterocycles. The predicted octanol–water partition coefficient (Wildman–Crippen LogP) is 1.37. The Labute approximate surface area is 120 Å². The minimum atomic E-state index is -0.250. The van der Waals surface area contributed by atoms with Crippen LogP contribution in [0.25, 0.3) is 11.0 Å². The Hall–Kier alpha value is -2.89. The Morgan fingerprint density at radius 3 is 2.52 bits per heavy atom. The van der Waals surface area contributed by atoms with Crippen LogP contribution < -0.4 is 11.0 Å². The zero-order valence-corrected chi connectivity index (χ0v) is 11.5. The number of amides is 1. The monoisotopic (exact) mass is 282 g/mol. The Morgan fingerprint density at radius 2 is 1.81 bits per heavy atom. The summed E-state index contributed by atoms with van der Waals surface area (Å²) in [6.45, 7) is -0.0253. The van der Waals surface area contributed by atoms with Crippen molar-refractivity contribution in [2.75, 3.05) is 5.32 Å². The van der Waals surface area contributed by atoms with Crippen molar-refractivity contribution < 1.29 is 4.79 Å². The van der Waals surface area contributed by atoms with Crippen LogP contribution in [0.3, 0.4) is 0 Å². The summed E-state index contributed by atoms with van der Waals surface area (Å²) < 4.78 is 3.00.